The lowest BCUT2D eigenvalue weighted by Gasteiger charge is -2.30. The second kappa shape index (κ2) is 7.71. The summed E-state index contributed by atoms with van der Waals surface area (Å²) in [6.45, 7) is 8.17. The van der Waals surface area contributed by atoms with E-state index in [-0.39, 0.29) is 17.1 Å². The van der Waals surface area contributed by atoms with E-state index in [1.54, 1.807) is 12.3 Å². The van der Waals surface area contributed by atoms with Gasteiger partial charge in [0, 0.05) is 22.4 Å². The average molecular weight is 444 g/mol. The van der Waals surface area contributed by atoms with E-state index in [4.69, 9.17) is 0 Å². The second-order valence-electron chi connectivity index (χ2n) is 7.67. The maximum atomic E-state index is 12.0. The van der Waals surface area contributed by atoms with Gasteiger partial charge in [0.1, 0.15) is 17.2 Å². The van der Waals surface area contributed by atoms with Crippen molar-refractivity contribution in [3.05, 3.63) is 61.4 Å². The molecule has 3 aromatic rings. The molecule has 0 fully saturated rings. The summed E-state index contributed by atoms with van der Waals surface area (Å²) >= 11 is 3.42. The first-order chi connectivity index (χ1) is 13.1. The molecule has 1 heterocycles. The molecule has 1 atom stereocenters. The van der Waals surface area contributed by atoms with E-state index in [1.165, 1.54) is 0 Å². The minimum absolute atomic E-state index is 0.00973. The molecule has 0 aliphatic heterocycles. The molecule has 3 rings (SSSR count). The van der Waals surface area contributed by atoms with Crippen LogP contribution < -0.4 is 26.8 Å². The van der Waals surface area contributed by atoms with E-state index in [0.717, 1.165) is 10.2 Å². The molecule has 8 heteroatoms. The highest BCUT2D eigenvalue weighted by Gasteiger charge is 2.27. The van der Waals surface area contributed by atoms with Crippen molar-refractivity contribution < 1.29 is 0 Å². The van der Waals surface area contributed by atoms with Gasteiger partial charge in [-0.3, -0.25) is 9.59 Å². The Bertz CT molecular complexity index is 1070. The monoisotopic (exact) mass is 443 g/mol. The van der Waals surface area contributed by atoms with Crippen LogP contribution in [-0.2, 0) is 0 Å². The smallest absolute Gasteiger partial charge is 0.253 e. The number of benzene rings is 1. The fourth-order valence-electron chi connectivity index (χ4n) is 2.39. The van der Waals surface area contributed by atoms with Crippen molar-refractivity contribution in [3.8, 4) is 0 Å². The molecule has 0 saturated carbocycles. The van der Waals surface area contributed by atoms with Gasteiger partial charge in [-0.1, -0.05) is 42.8 Å². The topological polar surface area (TPSA) is 96.0 Å². The lowest BCUT2D eigenvalue weighted by atomic mass is 9.87. The summed E-state index contributed by atoms with van der Waals surface area (Å²) in [5.41, 5.74) is 0.221. The number of hydrogen-bond donors (Lipinski definition) is 3. The first kappa shape index (κ1) is 20.0. The van der Waals surface area contributed by atoms with E-state index >= 15 is 0 Å². The molecule has 7 nitrogen and oxygen atoms in total. The first-order valence-electron chi connectivity index (χ1n) is 8.87. The van der Waals surface area contributed by atoms with Gasteiger partial charge in [0.05, 0.1) is 0 Å². The molecule has 0 amide bonds. The largest absolute Gasteiger partial charge is 0.377 e. The number of halogens is 1. The first-order valence-corrected chi connectivity index (χ1v) is 9.67. The van der Waals surface area contributed by atoms with Crippen molar-refractivity contribution in [2.45, 2.75) is 33.7 Å². The zero-order chi connectivity index (χ0) is 20.5. The van der Waals surface area contributed by atoms with Crippen LogP contribution in [0.25, 0.3) is 0 Å². The zero-order valence-electron chi connectivity index (χ0n) is 16.1. The van der Waals surface area contributed by atoms with Crippen molar-refractivity contribution >= 4 is 44.8 Å². The normalized spacial score (nSPS) is 12.6. The fourth-order valence-corrected chi connectivity index (χ4v) is 2.79. The van der Waals surface area contributed by atoms with E-state index in [0.29, 0.717) is 17.5 Å². The molecule has 28 heavy (non-hydrogen) atoms. The number of nitrogens with zero attached hydrogens (tertiary/aromatic N) is 2. The summed E-state index contributed by atoms with van der Waals surface area (Å²) < 4.78 is 0.930. The highest BCUT2D eigenvalue weighted by atomic mass is 79.9. The molecule has 0 saturated heterocycles. The van der Waals surface area contributed by atoms with E-state index < -0.39 is 10.9 Å². The molecular weight excluding hydrogens is 422 g/mol. The standard InChI is InChI=1S/C20H22BrN5O2/c1-11(20(2,3)4)23-15-16(18(28)17(15)27)25-14-8-9-22-19(26-14)24-13-7-5-6-12(21)10-13/h5-11,23H,1-4H3,(H2,22,24,25,26)/t11-/m1/s1. The molecule has 2 aromatic carbocycles. The van der Waals surface area contributed by atoms with Crippen LogP contribution in [0.2, 0.25) is 0 Å². The minimum Gasteiger partial charge on any atom is -0.377 e. The maximum absolute atomic E-state index is 12.0. The van der Waals surface area contributed by atoms with Crippen LogP contribution in [0.1, 0.15) is 27.7 Å². The molecule has 0 aliphatic rings. The Balaban J connectivity index is 1.79. The number of hydrogen-bond acceptors (Lipinski definition) is 7. The van der Waals surface area contributed by atoms with Gasteiger partial charge >= 0.3 is 0 Å². The molecule has 0 unspecified atom stereocenters. The van der Waals surface area contributed by atoms with Crippen LogP contribution in [0.5, 0.6) is 0 Å². The summed E-state index contributed by atoms with van der Waals surface area (Å²) in [5, 5.41) is 9.20. The van der Waals surface area contributed by atoms with Crippen LogP contribution in [0, 0.1) is 5.41 Å². The van der Waals surface area contributed by atoms with Gasteiger partial charge in [-0.2, -0.15) is 4.98 Å². The van der Waals surface area contributed by atoms with Crippen LogP contribution in [-0.4, -0.2) is 16.0 Å². The molecule has 146 valence electrons. The van der Waals surface area contributed by atoms with Crippen molar-refractivity contribution in [2.24, 2.45) is 5.41 Å². The van der Waals surface area contributed by atoms with Gasteiger partial charge in [0.15, 0.2) is 0 Å². The second-order valence-corrected chi connectivity index (χ2v) is 8.58. The molecule has 3 N–H and O–H groups in total. The number of aromatic nitrogens is 2. The highest BCUT2D eigenvalue weighted by Crippen LogP contribution is 2.26. The SMILES string of the molecule is C[C@@H](Nc1c(Nc2ccnc(Nc3cccc(Br)c3)n2)c(=O)c1=O)C(C)(C)C. The number of anilines is 5. The third-order valence-corrected chi connectivity index (χ3v) is 5.05. The Hall–Kier alpha value is -2.74. The quantitative estimate of drug-likeness (QED) is 0.491. The Morgan fingerprint density at radius 2 is 1.75 bits per heavy atom. The van der Waals surface area contributed by atoms with Gasteiger partial charge in [-0.05, 0) is 36.6 Å². The lowest BCUT2D eigenvalue weighted by molar-refractivity contribution is 0.359. The Morgan fingerprint density at radius 3 is 2.43 bits per heavy atom. The van der Waals surface area contributed by atoms with Gasteiger partial charge in [-0.15, -0.1) is 0 Å². The zero-order valence-corrected chi connectivity index (χ0v) is 17.7. The molecule has 1 aromatic heterocycles. The Kier molecular flexibility index (Phi) is 5.51. The predicted molar refractivity (Wildman–Crippen MR) is 117 cm³/mol. The Labute approximate surface area is 171 Å². The minimum atomic E-state index is -0.552. The summed E-state index contributed by atoms with van der Waals surface area (Å²) in [5.74, 6) is 0.797. The third kappa shape index (κ3) is 4.39. The lowest BCUT2D eigenvalue weighted by Crippen LogP contribution is -2.41. The predicted octanol–water partition coefficient (Wildman–Crippen LogP) is 4.17. The van der Waals surface area contributed by atoms with Crippen LogP contribution in [0.15, 0.2) is 50.6 Å². The van der Waals surface area contributed by atoms with Crippen LogP contribution in [0.4, 0.5) is 28.8 Å². The van der Waals surface area contributed by atoms with Gasteiger partial charge in [0.25, 0.3) is 10.9 Å². The van der Waals surface area contributed by atoms with Crippen molar-refractivity contribution in [1.29, 1.82) is 0 Å². The van der Waals surface area contributed by atoms with E-state index in [2.05, 4.69) is 62.6 Å². The fraction of sp³-hybridized carbons (Fsp3) is 0.300. The summed E-state index contributed by atoms with van der Waals surface area (Å²) in [7, 11) is 0. The summed E-state index contributed by atoms with van der Waals surface area (Å²) in [6, 6.07) is 9.25. The number of nitrogens with one attached hydrogen (secondary N) is 3. The molecule has 0 bridgehead atoms. The highest BCUT2D eigenvalue weighted by molar-refractivity contribution is 9.10. The molecule has 0 spiro atoms. The molecule has 0 radical (unpaired) electrons. The molecule has 0 aliphatic carbocycles. The van der Waals surface area contributed by atoms with Crippen LogP contribution in [0.3, 0.4) is 0 Å². The van der Waals surface area contributed by atoms with Crippen LogP contribution >= 0.6 is 15.9 Å². The van der Waals surface area contributed by atoms with Gasteiger partial charge in [0.2, 0.25) is 5.95 Å². The van der Waals surface area contributed by atoms with Gasteiger partial charge in [-0.25, -0.2) is 4.98 Å². The van der Waals surface area contributed by atoms with Crippen molar-refractivity contribution in [3.63, 3.8) is 0 Å². The average Bonchev–Trinajstić information content (AvgIpc) is 2.63. The summed E-state index contributed by atoms with van der Waals surface area (Å²) in [6.07, 6.45) is 1.58. The molecular formula is C20H22BrN5O2. The van der Waals surface area contributed by atoms with Crippen molar-refractivity contribution in [2.75, 3.05) is 16.0 Å². The Morgan fingerprint density at radius 1 is 1.04 bits per heavy atom. The van der Waals surface area contributed by atoms with E-state index in [1.807, 2.05) is 31.2 Å². The maximum Gasteiger partial charge on any atom is 0.253 e. The number of rotatable bonds is 6. The van der Waals surface area contributed by atoms with Gasteiger partial charge < -0.3 is 16.0 Å². The van der Waals surface area contributed by atoms with E-state index in [9.17, 15) is 9.59 Å². The third-order valence-electron chi connectivity index (χ3n) is 4.56. The van der Waals surface area contributed by atoms with Crippen molar-refractivity contribution in [1.82, 2.24) is 9.97 Å². The summed E-state index contributed by atoms with van der Waals surface area (Å²) in [4.78, 5) is 32.6.